The number of benzene rings is 2. The number of carbonyl (C=O) groups excluding carboxylic acids is 2. The van der Waals surface area contributed by atoms with Gasteiger partial charge in [0.1, 0.15) is 17.0 Å². The van der Waals surface area contributed by atoms with Crippen molar-refractivity contribution in [2.75, 3.05) is 0 Å². The Balaban J connectivity index is 2.13. The van der Waals surface area contributed by atoms with E-state index in [2.05, 4.69) is 0 Å². The summed E-state index contributed by atoms with van der Waals surface area (Å²) < 4.78 is 22.2. The number of rotatable bonds is 4. The van der Waals surface area contributed by atoms with Gasteiger partial charge in [-0.2, -0.15) is 0 Å². The van der Waals surface area contributed by atoms with Crippen LogP contribution in [0.15, 0.2) is 66.7 Å². The van der Waals surface area contributed by atoms with Crippen molar-refractivity contribution < 1.29 is 23.8 Å². The van der Waals surface area contributed by atoms with E-state index in [1.54, 1.807) is 75.4 Å². The highest BCUT2D eigenvalue weighted by Crippen LogP contribution is 2.50. The largest absolute Gasteiger partial charge is 0.457 e. The van der Waals surface area contributed by atoms with Gasteiger partial charge in [0.25, 0.3) is 0 Å². The maximum Gasteiger partial charge on any atom is 0.348 e. The number of hydrogen-bond donors (Lipinski definition) is 1. The lowest BCUT2D eigenvalue weighted by Crippen LogP contribution is -2.63. The van der Waals surface area contributed by atoms with Gasteiger partial charge in [0.15, 0.2) is 0 Å². The molecule has 1 fully saturated rings. The van der Waals surface area contributed by atoms with Crippen LogP contribution in [0, 0.1) is 0 Å². The van der Waals surface area contributed by atoms with Crippen LogP contribution in [0.1, 0.15) is 50.7 Å². The van der Waals surface area contributed by atoms with Gasteiger partial charge in [0.2, 0.25) is 5.67 Å². The Bertz CT molecular complexity index is 933. The number of esters is 1. The van der Waals surface area contributed by atoms with Crippen LogP contribution in [-0.2, 0) is 14.3 Å². The minimum absolute atomic E-state index is 0.193. The molecule has 0 amide bonds. The fourth-order valence-electron chi connectivity index (χ4n) is 3.85. The summed E-state index contributed by atoms with van der Waals surface area (Å²) in [5.74, 6) is -2.65. The van der Waals surface area contributed by atoms with Crippen molar-refractivity contribution in [1.29, 1.82) is 0 Å². The van der Waals surface area contributed by atoms with Gasteiger partial charge >= 0.3 is 5.97 Å². The van der Waals surface area contributed by atoms with Crippen molar-refractivity contribution >= 4 is 17.8 Å². The zero-order valence-corrected chi connectivity index (χ0v) is 17.5. The molecule has 2 aromatic rings. The van der Waals surface area contributed by atoms with E-state index in [1.165, 1.54) is 12.2 Å². The molecular formula is C25H27FO4. The average Bonchev–Trinajstić information content (AvgIpc) is 2.69. The molecule has 0 heterocycles. The SMILES string of the molecule is CC(C)(C)OC(=O)[C@@]1(F)[C@H](c2ccccc2)CC(=O)C[C@]1(O)/C=C/c1ccccc1. The van der Waals surface area contributed by atoms with Gasteiger partial charge < -0.3 is 9.84 Å². The molecule has 0 aliphatic heterocycles. The Kier molecular flexibility index (Phi) is 5.95. The van der Waals surface area contributed by atoms with Crippen molar-refractivity contribution in [1.82, 2.24) is 0 Å². The molecule has 1 saturated carbocycles. The highest BCUT2D eigenvalue weighted by molar-refractivity contribution is 5.92. The van der Waals surface area contributed by atoms with E-state index in [9.17, 15) is 14.7 Å². The lowest BCUT2D eigenvalue weighted by atomic mass is 9.63. The predicted molar refractivity (Wildman–Crippen MR) is 114 cm³/mol. The summed E-state index contributed by atoms with van der Waals surface area (Å²) in [5, 5.41) is 11.4. The molecular weight excluding hydrogens is 383 g/mol. The molecule has 0 spiro atoms. The van der Waals surface area contributed by atoms with E-state index in [4.69, 9.17) is 4.74 Å². The molecule has 3 atom stereocenters. The number of halogens is 1. The number of carbonyl (C=O) groups is 2. The maximum absolute atomic E-state index is 16.8. The highest BCUT2D eigenvalue weighted by atomic mass is 19.1. The zero-order chi connectivity index (χ0) is 22.0. The van der Waals surface area contributed by atoms with Gasteiger partial charge in [-0.25, -0.2) is 9.18 Å². The van der Waals surface area contributed by atoms with Crippen LogP contribution in [-0.4, -0.2) is 33.7 Å². The van der Waals surface area contributed by atoms with Crippen molar-refractivity contribution in [2.45, 2.75) is 56.4 Å². The summed E-state index contributed by atoms with van der Waals surface area (Å²) in [4.78, 5) is 25.7. The van der Waals surface area contributed by atoms with E-state index >= 15 is 4.39 Å². The minimum Gasteiger partial charge on any atom is -0.457 e. The number of aliphatic hydroxyl groups is 1. The van der Waals surface area contributed by atoms with E-state index in [-0.39, 0.29) is 12.2 Å². The molecule has 3 rings (SSSR count). The summed E-state index contributed by atoms with van der Waals surface area (Å²) in [7, 11) is 0. The summed E-state index contributed by atoms with van der Waals surface area (Å²) in [6.45, 7) is 4.91. The Morgan fingerprint density at radius 3 is 2.23 bits per heavy atom. The first-order valence-corrected chi connectivity index (χ1v) is 10.0. The molecule has 5 heteroatoms. The summed E-state index contributed by atoms with van der Waals surface area (Å²) in [6.07, 6.45) is 2.05. The number of ketones is 1. The average molecular weight is 410 g/mol. The Morgan fingerprint density at radius 1 is 1.10 bits per heavy atom. The third-order valence-corrected chi connectivity index (χ3v) is 5.26. The molecule has 0 unspecified atom stereocenters. The first-order valence-electron chi connectivity index (χ1n) is 10.0. The highest BCUT2D eigenvalue weighted by Gasteiger charge is 2.66. The summed E-state index contributed by atoms with van der Waals surface area (Å²) in [6, 6.07) is 17.5. The topological polar surface area (TPSA) is 63.6 Å². The van der Waals surface area contributed by atoms with Crippen LogP contribution < -0.4 is 0 Å². The normalized spacial score (nSPS) is 27.2. The number of Topliss-reactive ketones (excluding diaryl/α,β-unsaturated/α-hetero) is 1. The predicted octanol–water partition coefficient (Wildman–Crippen LogP) is 4.63. The van der Waals surface area contributed by atoms with Crippen LogP contribution in [0.3, 0.4) is 0 Å². The maximum atomic E-state index is 16.8. The first-order chi connectivity index (χ1) is 14.1. The summed E-state index contributed by atoms with van der Waals surface area (Å²) >= 11 is 0. The van der Waals surface area contributed by atoms with E-state index in [1.807, 2.05) is 6.07 Å². The molecule has 0 saturated heterocycles. The number of ether oxygens (including phenoxy) is 1. The van der Waals surface area contributed by atoms with Gasteiger partial charge in [0, 0.05) is 18.8 Å². The Labute approximate surface area is 176 Å². The Morgan fingerprint density at radius 2 is 1.67 bits per heavy atom. The fourth-order valence-corrected chi connectivity index (χ4v) is 3.85. The molecule has 158 valence electrons. The lowest BCUT2D eigenvalue weighted by Gasteiger charge is -2.46. The zero-order valence-electron chi connectivity index (χ0n) is 17.5. The molecule has 0 aromatic heterocycles. The molecule has 1 aliphatic rings. The van der Waals surface area contributed by atoms with Crippen molar-refractivity contribution in [3.8, 4) is 0 Å². The number of alkyl halides is 1. The molecule has 4 nitrogen and oxygen atoms in total. The molecule has 0 bridgehead atoms. The molecule has 30 heavy (non-hydrogen) atoms. The van der Waals surface area contributed by atoms with Crippen LogP contribution in [0.4, 0.5) is 4.39 Å². The minimum atomic E-state index is -2.83. The van der Waals surface area contributed by atoms with Gasteiger partial charge in [-0.1, -0.05) is 66.7 Å². The second kappa shape index (κ2) is 8.15. The van der Waals surface area contributed by atoms with Gasteiger partial charge in [-0.05, 0) is 38.0 Å². The summed E-state index contributed by atoms with van der Waals surface area (Å²) in [5.41, 5.74) is -4.96. The van der Waals surface area contributed by atoms with Gasteiger partial charge in [0.05, 0.1) is 0 Å². The molecule has 2 aromatic carbocycles. The third kappa shape index (κ3) is 4.36. The van der Waals surface area contributed by atoms with Crippen molar-refractivity contribution in [2.24, 2.45) is 0 Å². The second-order valence-corrected chi connectivity index (χ2v) is 8.76. The Hall–Kier alpha value is -2.79. The van der Waals surface area contributed by atoms with E-state index in [0.717, 1.165) is 0 Å². The molecule has 0 radical (unpaired) electrons. The van der Waals surface area contributed by atoms with Crippen LogP contribution >= 0.6 is 0 Å². The van der Waals surface area contributed by atoms with Crippen LogP contribution in [0.5, 0.6) is 0 Å². The smallest absolute Gasteiger partial charge is 0.348 e. The van der Waals surface area contributed by atoms with Crippen molar-refractivity contribution in [3.63, 3.8) is 0 Å². The van der Waals surface area contributed by atoms with Gasteiger partial charge in [-0.3, -0.25) is 4.79 Å². The monoisotopic (exact) mass is 410 g/mol. The van der Waals surface area contributed by atoms with E-state index in [0.29, 0.717) is 11.1 Å². The molecule has 1 aliphatic carbocycles. The first kappa shape index (κ1) is 21.9. The van der Waals surface area contributed by atoms with E-state index < -0.39 is 35.2 Å². The standard InChI is InChI=1S/C25H27FO4/c1-23(2,3)30-22(28)25(26)21(19-12-8-5-9-13-19)16-20(27)17-24(25,29)15-14-18-10-6-4-7-11-18/h4-15,21,29H,16-17H2,1-3H3/b15-14+/t21-,24+,25-/m0/s1. The lowest BCUT2D eigenvalue weighted by molar-refractivity contribution is -0.194. The van der Waals surface area contributed by atoms with Crippen molar-refractivity contribution in [3.05, 3.63) is 77.9 Å². The van der Waals surface area contributed by atoms with Gasteiger partial charge in [-0.15, -0.1) is 0 Å². The fraction of sp³-hybridized carbons (Fsp3) is 0.360. The van der Waals surface area contributed by atoms with Crippen LogP contribution in [0.2, 0.25) is 0 Å². The third-order valence-electron chi connectivity index (χ3n) is 5.26. The molecule has 1 N–H and O–H groups in total. The quantitative estimate of drug-likeness (QED) is 0.747. The number of hydrogen-bond acceptors (Lipinski definition) is 4. The van der Waals surface area contributed by atoms with Crippen LogP contribution in [0.25, 0.3) is 6.08 Å². The second-order valence-electron chi connectivity index (χ2n) is 8.76.